The topological polar surface area (TPSA) is 18.5 Å². The Bertz CT molecular complexity index is 359. The van der Waals surface area contributed by atoms with Crippen LogP contribution >= 0.6 is 0 Å². The largest absolute Gasteiger partial charge is 0.520 e. The highest BCUT2D eigenvalue weighted by Gasteiger charge is 2.35. The minimum Gasteiger partial charge on any atom is -0.520 e. The summed E-state index contributed by atoms with van der Waals surface area (Å²) >= 11 is 0. The first kappa shape index (κ1) is 14.0. The minimum absolute atomic E-state index is 0.895. The van der Waals surface area contributed by atoms with Crippen LogP contribution < -0.4 is 4.43 Å². The number of rotatable bonds is 7. The maximum absolute atomic E-state index is 6.21. The summed E-state index contributed by atoms with van der Waals surface area (Å²) in [6.45, 7) is 8.12. The molecular weight excluding hydrogens is 228 g/mol. The van der Waals surface area contributed by atoms with Gasteiger partial charge in [-0.25, -0.2) is 0 Å². The predicted octanol–water partition coefficient (Wildman–Crippen LogP) is 4.23. The van der Waals surface area contributed by atoms with Gasteiger partial charge in [0.05, 0.1) is 0 Å². The molecule has 1 aromatic carbocycles. The molecule has 0 aliphatic rings. The SMILES string of the molecule is C=Cc1ccccc1O[Si](CC)(CCC)OC. The van der Waals surface area contributed by atoms with E-state index in [2.05, 4.69) is 20.4 Å². The van der Waals surface area contributed by atoms with Gasteiger partial charge in [-0.1, -0.05) is 51.1 Å². The molecule has 0 radical (unpaired) electrons. The molecule has 0 aliphatic heterocycles. The Balaban J connectivity index is 2.96. The van der Waals surface area contributed by atoms with Crippen molar-refractivity contribution in [3.63, 3.8) is 0 Å². The third-order valence-corrected chi connectivity index (χ3v) is 6.65. The summed E-state index contributed by atoms with van der Waals surface area (Å²) < 4.78 is 11.9. The molecule has 0 aliphatic carbocycles. The van der Waals surface area contributed by atoms with Gasteiger partial charge in [-0.15, -0.1) is 0 Å². The second-order valence-electron chi connectivity index (χ2n) is 4.06. The average molecular weight is 250 g/mol. The molecule has 3 heteroatoms. The number of para-hydroxylation sites is 1. The summed E-state index contributed by atoms with van der Waals surface area (Å²) in [7, 11) is -0.314. The maximum Gasteiger partial charge on any atom is 0.398 e. The molecule has 0 heterocycles. The van der Waals surface area contributed by atoms with Gasteiger partial charge in [0, 0.05) is 18.7 Å². The highest BCUT2D eigenvalue weighted by Crippen LogP contribution is 2.27. The van der Waals surface area contributed by atoms with E-state index in [-0.39, 0.29) is 0 Å². The Labute approximate surface area is 106 Å². The molecule has 1 rings (SSSR count). The molecule has 0 amide bonds. The van der Waals surface area contributed by atoms with Crippen LogP contribution in [0, 0.1) is 0 Å². The van der Waals surface area contributed by atoms with E-state index in [4.69, 9.17) is 8.85 Å². The van der Waals surface area contributed by atoms with Gasteiger partial charge >= 0.3 is 8.56 Å². The van der Waals surface area contributed by atoms with Crippen LogP contribution in [0.5, 0.6) is 5.75 Å². The molecule has 1 unspecified atom stereocenters. The molecule has 0 fully saturated rings. The maximum atomic E-state index is 6.21. The second kappa shape index (κ2) is 6.62. The van der Waals surface area contributed by atoms with E-state index in [9.17, 15) is 0 Å². The molecule has 0 saturated heterocycles. The Hall–Kier alpha value is -1.06. The van der Waals surface area contributed by atoms with Crippen LogP contribution in [0.15, 0.2) is 30.8 Å². The summed E-state index contributed by atoms with van der Waals surface area (Å²) in [4.78, 5) is 0. The van der Waals surface area contributed by atoms with E-state index in [0.29, 0.717) is 0 Å². The monoisotopic (exact) mass is 250 g/mol. The van der Waals surface area contributed by atoms with Crippen molar-refractivity contribution in [3.8, 4) is 5.75 Å². The lowest BCUT2D eigenvalue weighted by atomic mass is 10.2. The van der Waals surface area contributed by atoms with Crippen molar-refractivity contribution in [2.45, 2.75) is 32.4 Å². The normalized spacial score (nSPS) is 14.1. The molecule has 2 nitrogen and oxygen atoms in total. The van der Waals surface area contributed by atoms with E-state index >= 15 is 0 Å². The molecular formula is C14H22O2Si. The van der Waals surface area contributed by atoms with E-state index in [1.807, 2.05) is 30.3 Å². The zero-order chi connectivity index (χ0) is 12.7. The second-order valence-corrected chi connectivity index (χ2v) is 7.70. The van der Waals surface area contributed by atoms with Crippen LogP contribution in [0.1, 0.15) is 25.8 Å². The molecule has 0 N–H and O–H groups in total. The third kappa shape index (κ3) is 3.45. The first-order valence-electron chi connectivity index (χ1n) is 6.17. The van der Waals surface area contributed by atoms with Gasteiger partial charge in [0.15, 0.2) is 0 Å². The van der Waals surface area contributed by atoms with Crippen LogP contribution in [0.25, 0.3) is 6.08 Å². The van der Waals surface area contributed by atoms with E-state index in [0.717, 1.165) is 29.8 Å². The predicted molar refractivity (Wildman–Crippen MR) is 75.5 cm³/mol. The van der Waals surface area contributed by atoms with Gasteiger partial charge in [-0.3, -0.25) is 0 Å². The lowest BCUT2D eigenvalue weighted by Gasteiger charge is -2.29. The van der Waals surface area contributed by atoms with Crippen LogP contribution in [0.3, 0.4) is 0 Å². The van der Waals surface area contributed by atoms with Gasteiger partial charge in [0.25, 0.3) is 0 Å². The van der Waals surface area contributed by atoms with Crippen molar-refractivity contribution in [1.82, 2.24) is 0 Å². The van der Waals surface area contributed by atoms with Crippen LogP contribution in [-0.2, 0) is 4.43 Å². The van der Waals surface area contributed by atoms with Gasteiger partial charge in [-0.05, 0) is 12.1 Å². The molecule has 0 aromatic heterocycles. The number of hydrogen-bond donors (Lipinski definition) is 0. The van der Waals surface area contributed by atoms with E-state index < -0.39 is 8.56 Å². The van der Waals surface area contributed by atoms with Crippen LogP contribution in [-0.4, -0.2) is 15.7 Å². The molecule has 1 aromatic rings. The highest BCUT2D eigenvalue weighted by molar-refractivity contribution is 6.68. The van der Waals surface area contributed by atoms with Gasteiger partial charge < -0.3 is 8.85 Å². The highest BCUT2D eigenvalue weighted by atomic mass is 28.4. The zero-order valence-corrected chi connectivity index (χ0v) is 12.0. The minimum atomic E-state index is -2.08. The first-order chi connectivity index (χ1) is 8.21. The zero-order valence-electron chi connectivity index (χ0n) is 11.0. The fraction of sp³-hybridized carbons (Fsp3) is 0.429. The fourth-order valence-electron chi connectivity index (χ4n) is 1.91. The standard InChI is InChI=1S/C14H22O2Si/c1-5-12-17(7-3,15-4)16-14-11-9-8-10-13(14)6-2/h6,8-11H,2,5,7,12H2,1,3-4H3. The van der Waals surface area contributed by atoms with Gasteiger partial charge in [0.2, 0.25) is 0 Å². The van der Waals surface area contributed by atoms with Crippen molar-refractivity contribution < 1.29 is 8.85 Å². The lowest BCUT2D eigenvalue weighted by molar-refractivity contribution is 0.297. The van der Waals surface area contributed by atoms with Crippen molar-refractivity contribution in [2.75, 3.05) is 7.11 Å². The molecule has 0 spiro atoms. The Morgan fingerprint density at radius 3 is 2.53 bits per heavy atom. The van der Waals surface area contributed by atoms with Crippen molar-refractivity contribution >= 4 is 14.6 Å². The van der Waals surface area contributed by atoms with Crippen molar-refractivity contribution in [1.29, 1.82) is 0 Å². The molecule has 0 bridgehead atoms. The summed E-state index contributed by atoms with van der Waals surface area (Å²) in [6.07, 6.45) is 2.91. The van der Waals surface area contributed by atoms with E-state index in [1.54, 1.807) is 7.11 Å². The Kier molecular flexibility index (Phi) is 5.45. The molecule has 0 saturated carbocycles. The van der Waals surface area contributed by atoms with Crippen molar-refractivity contribution in [3.05, 3.63) is 36.4 Å². The summed E-state index contributed by atoms with van der Waals surface area (Å²) in [5, 5.41) is 0. The van der Waals surface area contributed by atoms with E-state index in [1.165, 1.54) is 0 Å². The average Bonchev–Trinajstić information content (AvgIpc) is 2.38. The van der Waals surface area contributed by atoms with Crippen LogP contribution in [0.4, 0.5) is 0 Å². The summed E-state index contributed by atoms with van der Waals surface area (Å²) in [6, 6.07) is 9.96. The fourth-order valence-corrected chi connectivity index (χ4v) is 4.44. The van der Waals surface area contributed by atoms with Crippen LogP contribution in [0.2, 0.25) is 12.1 Å². The Morgan fingerprint density at radius 1 is 1.29 bits per heavy atom. The smallest absolute Gasteiger partial charge is 0.398 e. The lowest BCUT2D eigenvalue weighted by Crippen LogP contribution is -2.43. The summed E-state index contributed by atoms with van der Waals surface area (Å²) in [5.41, 5.74) is 1.03. The van der Waals surface area contributed by atoms with Gasteiger partial charge in [0.1, 0.15) is 5.75 Å². The van der Waals surface area contributed by atoms with Crippen molar-refractivity contribution in [2.24, 2.45) is 0 Å². The Morgan fingerprint density at radius 2 is 2.00 bits per heavy atom. The number of benzene rings is 1. The summed E-state index contributed by atoms with van der Waals surface area (Å²) in [5.74, 6) is 0.895. The molecule has 1 atom stereocenters. The third-order valence-electron chi connectivity index (χ3n) is 2.98. The quantitative estimate of drug-likeness (QED) is 0.674. The molecule has 17 heavy (non-hydrogen) atoms. The first-order valence-corrected chi connectivity index (χ1v) is 8.40. The van der Waals surface area contributed by atoms with Gasteiger partial charge in [-0.2, -0.15) is 0 Å². The number of hydrogen-bond acceptors (Lipinski definition) is 2. The molecule has 94 valence electrons.